The van der Waals surface area contributed by atoms with Crippen LogP contribution in [0.15, 0.2) is 24.3 Å². The highest BCUT2D eigenvalue weighted by Gasteiger charge is 2.38. The van der Waals surface area contributed by atoms with Crippen LogP contribution in [-0.2, 0) is 12.0 Å². The summed E-state index contributed by atoms with van der Waals surface area (Å²) in [5, 5.41) is 9.44. The molecule has 1 aromatic carbocycles. The molecular weight excluding hydrogens is 262 g/mol. The number of para-hydroxylation sites is 2. The largest absolute Gasteiger partial charge is 0.395 e. The lowest BCUT2D eigenvalue weighted by Crippen LogP contribution is -2.41. The quantitative estimate of drug-likeness (QED) is 0.908. The molecule has 1 heterocycles. The van der Waals surface area contributed by atoms with Crippen molar-refractivity contribution in [3.63, 3.8) is 0 Å². The van der Waals surface area contributed by atoms with Crippen molar-refractivity contribution in [2.45, 2.75) is 44.6 Å². The molecule has 0 bridgehead atoms. The summed E-state index contributed by atoms with van der Waals surface area (Å²) in [6.45, 7) is 3.67. The van der Waals surface area contributed by atoms with Crippen molar-refractivity contribution in [1.29, 1.82) is 0 Å². The summed E-state index contributed by atoms with van der Waals surface area (Å²) in [6.07, 6.45) is 4.61. The SMILES string of the molecule is CC1CCC(CN)(c2nc3ccccc3n2CCO)CC1. The molecule has 1 fully saturated rings. The van der Waals surface area contributed by atoms with Crippen LogP contribution in [0, 0.1) is 5.92 Å². The topological polar surface area (TPSA) is 64.1 Å². The lowest BCUT2D eigenvalue weighted by Gasteiger charge is -2.38. The van der Waals surface area contributed by atoms with Crippen LogP contribution in [0.1, 0.15) is 38.4 Å². The Morgan fingerprint density at radius 2 is 2.05 bits per heavy atom. The number of benzene rings is 1. The first-order chi connectivity index (χ1) is 10.2. The molecule has 0 unspecified atom stereocenters. The van der Waals surface area contributed by atoms with Crippen LogP contribution in [0.25, 0.3) is 11.0 Å². The summed E-state index contributed by atoms with van der Waals surface area (Å²) < 4.78 is 2.18. The smallest absolute Gasteiger partial charge is 0.117 e. The molecule has 0 atom stereocenters. The minimum Gasteiger partial charge on any atom is -0.395 e. The lowest BCUT2D eigenvalue weighted by molar-refractivity contribution is 0.223. The van der Waals surface area contributed by atoms with Crippen LogP contribution in [0.4, 0.5) is 0 Å². The number of aliphatic hydroxyl groups is 1. The zero-order valence-electron chi connectivity index (χ0n) is 12.8. The molecular formula is C17H25N3O. The molecule has 4 heteroatoms. The maximum atomic E-state index is 9.44. The van der Waals surface area contributed by atoms with E-state index in [-0.39, 0.29) is 12.0 Å². The first kappa shape index (κ1) is 14.5. The maximum Gasteiger partial charge on any atom is 0.117 e. The first-order valence-electron chi connectivity index (χ1n) is 7.97. The highest BCUT2D eigenvalue weighted by Crippen LogP contribution is 2.41. The van der Waals surface area contributed by atoms with Gasteiger partial charge in [0.1, 0.15) is 5.82 Å². The van der Waals surface area contributed by atoms with Gasteiger partial charge in [0.05, 0.1) is 17.6 Å². The Morgan fingerprint density at radius 3 is 2.71 bits per heavy atom. The molecule has 114 valence electrons. The number of nitrogens with two attached hydrogens (primary N) is 1. The lowest BCUT2D eigenvalue weighted by atomic mass is 9.70. The van der Waals surface area contributed by atoms with E-state index in [2.05, 4.69) is 17.6 Å². The number of aliphatic hydroxyl groups excluding tert-OH is 1. The van der Waals surface area contributed by atoms with Gasteiger partial charge >= 0.3 is 0 Å². The van der Waals surface area contributed by atoms with Crippen LogP contribution in [0.3, 0.4) is 0 Å². The molecule has 1 aliphatic rings. The molecule has 1 aliphatic carbocycles. The normalized spacial score (nSPS) is 26.3. The van der Waals surface area contributed by atoms with E-state index in [0.717, 1.165) is 35.6 Å². The Hall–Kier alpha value is -1.39. The van der Waals surface area contributed by atoms with Crippen molar-refractivity contribution in [3.05, 3.63) is 30.1 Å². The molecule has 0 spiro atoms. The van der Waals surface area contributed by atoms with Crippen molar-refractivity contribution in [2.24, 2.45) is 11.7 Å². The number of hydrogen-bond acceptors (Lipinski definition) is 3. The molecule has 3 rings (SSSR count). The van der Waals surface area contributed by atoms with Crippen LogP contribution >= 0.6 is 0 Å². The highest BCUT2D eigenvalue weighted by atomic mass is 16.3. The summed E-state index contributed by atoms with van der Waals surface area (Å²) in [5.74, 6) is 1.85. The van der Waals surface area contributed by atoms with Crippen molar-refractivity contribution in [2.75, 3.05) is 13.2 Å². The van der Waals surface area contributed by atoms with Crippen molar-refractivity contribution >= 4 is 11.0 Å². The number of aromatic nitrogens is 2. The van der Waals surface area contributed by atoms with Gasteiger partial charge in [-0.2, -0.15) is 0 Å². The highest BCUT2D eigenvalue weighted by molar-refractivity contribution is 5.76. The number of imidazole rings is 1. The van der Waals surface area contributed by atoms with E-state index in [0.29, 0.717) is 13.1 Å². The fourth-order valence-electron chi connectivity index (χ4n) is 3.64. The monoisotopic (exact) mass is 287 g/mol. The third kappa shape index (κ3) is 2.47. The van der Waals surface area contributed by atoms with E-state index >= 15 is 0 Å². The Morgan fingerprint density at radius 1 is 1.33 bits per heavy atom. The van der Waals surface area contributed by atoms with Gasteiger partial charge in [0.15, 0.2) is 0 Å². The molecule has 1 aromatic heterocycles. The number of hydrogen-bond donors (Lipinski definition) is 2. The molecule has 0 radical (unpaired) electrons. The summed E-state index contributed by atoms with van der Waals surface area (Å²) in [7, 11) is 0. The van der Waals surface area contributed by atoms with Gasteiger partial charge in [0.2, 0.25) is 0 Å². The molecule has 2 aromatic rings. The zero-order chi connectivity index (χ0) is 14.9. The van der Waals surface area contributed by atoms with Crippen molar-refractivity contribution in [3.8, 4) is 0 Å². The number of fused-ring (bicyclic) bond motifs is 1. The third-order valence-corrected chi connectivity index (χ3v) is 5.07. The van der Waals surface area contributed by atoms with Gasteiger partial charge < -0.3 is 15.4 Å². The average molecular weight is 287 g/mol. The average Bonchev–Trinajstić information content (AvgIpc) is 2.89. The summed E-state index contributed by atoms with van der Waals surface area (Å²) >= 11 is 0. The Balaban J connectivity index is 2.11. The van der Waals surface area contributed by atoms with Crippen LogP contribution in [0.2, 0.25) is 0 Å². The summed E-state index contributed by atoms with van der Waals surface area (Å²) in [4.78, 5) is 4.89. The van der Waals surface area contributed by atoms with Gasteiger partial charge in [-0.15, -0.1) is 0 Å². The predicted molar refractivity (Wildman–Crippen MR) is 85.2 cm³/mol. The predicted octanol–water partition coefficient (Wildman–Crippen LogP) is 2.44. The Bertz CT molecular complexity index is 612. The van der Waals surface area contributed by atoms with E-state index in [4.69, 9.17) is 10.7 Å². The van der Waals surface area contributed by atoms with Crippen molar-refractivity contribution < 1.29 is 5.11 Å². The minimum absolute atomic E-state index is 0.0271. The van der Waals surface area contributed by atoms with E-state index in [1.165, 1.54) is 12.8 Å². The van der Waals surface area contributed by atoms with E-state index in [1.807, 2.05) is 18.2 Å². The molecule has 0 aliphatic heterocycles. The Labute approximate surface area is 126 Å². The van der Waals surface area contributed by atoms with Gasteiger partial charge in [-0.25, -0.2) is 4.98 Å². The molecule has 0 saturated heterocycles. The third-order valence-electron chi connectivity index (χ3n) is 5.07. The molecule has 4 nitrogen and oxygen atoms in total. The van der Waals surface area contributed by atoms with E-state index < -0.39 is 0 Å². The maximum absolute atomic E-state index is 9.44. The zero-order valence-corrected chi connectivity index (χ0v) is 12.8. The molecule has 21 heavy (non-hydrogen) atoms. The fourth-order valence-corrected chi connectivity index (χ4v) is 3.64. The van der Waals surface area contributed by atoms with Crippen LogP contribution in [-0.4, -0.2) is 27.8 Å². The summed E-state index contributed by atoms with van der Waals surface area (Å²) in [6, 6.07) is 8.17. The van der Waals surface area contributed by atoms with Crippen molar-refractivity contribution in [1.82, 2.24) is 9.55 Å². The van der Waals surface area contributed by atoms with Gasteiger partial charge in [-0.3, -0.25) is 0 Å². The molecule has 1 saturated carbocycles. The number of nitrogens with zero attached hydrogens (tertiary/aromatic N) is 2. The summed E-state index contributed by atoms with van der Waals surface area (Å²) in [5.41, 5.74) is 8.27. The van der Waals surface area contributed by atoms with Gasteiger partial charge in [-0.05, 0) is 43.7 Å². The molecule has 3 N–H and O–H groups in total. The van der Waals surface area contributed by atoms with E-state index in [9.17, 15) is 5.11 Å². The molecule has 0 amide bonds. The number of rotatable bonds is 4. The van der Waals surface area contributed by atoms with Gasteiger partial charge in [-0.1, -0.05) is 19.1 Å². The Kier molecular flexibility index (Phi) is 4.00. The fraction of sp³-hybridized carbons (Fsp3) is 0.588. The van der Waals surface area contributed by atoms with Crippen LogP contribution in [0.5, 0.6) is 0 Å². The van der Waals surface area contributed by atoms with Gasteiger partial charge in [0.25, 0.3) is 0 Å². The minimum atomic E-state index is -0.0271. The second kappa shape index (κ2) is 5.78. The first-order valence-corrected chi connectivity index (χ1v) is 7.97. The van der Waals surface area contributed by atoms with Gasteiger partial charge in [0, 0.05) is 18.5 Å². The van der Waals surface area contributed by atoms with Crippen LogP contribution < -0.4 is 5.73 Å². The standard InChI is InChI=1S/C17H25N3O/c1-13-6-8-17(12-18,9-7-13)16-19-14-4-2-3-5-15(14)20(16)10-11-21/h2-5,13,21H,6-12,18H2,1H3. The van der Waals surface area contributed by atoms with E-state index in [1.54, 1.807) is 0 Å². The second-order valence-corrected chi connectivity index (χ2v) is 6.47. The second-order valence-electron chi connectivity index (χ2n) is 6.47.